The van der Waals surface area contributed by atoms with Crippen molar-refractivity contribution in [1.82, 2.24) is 5.43 Å². The van der Waals surface area contributed by atoms with Gasteiger partial charge in [-0.1, -0.05) is 36.4 Å². The molecule has 0 heterocycles. The van der Waals surface area contributed by atoms with Crippen molar-refractivity contribution in [2.75, 3.05) is 24.0 Å². The second kappa shape index (κ2) is 10.9. The first kappa shape index (κ1) is 21.2. The van der Waals surface area contributed by atoms with Crippen molar-refractivity contribution in [2.24, 2.45) is 0 Å². The van der Waals surface area contributed by atoms with Gasteiger partial charge in [-0.3, -0.25) is 4.79 Å². The van der Waals surface area contributed by atoms with E-state index < -0.39 is 0 Å². The molecule has 1 amide bonds. The Morgan fingerprint density at radius 3 is 2.43 bits per heavy atom. The Bertz CT molecular complexity index is 961. The number of carbonyl (C=O) groups excluding carboxylic acids is 1. The lowest BCUT2D eigenvalue weighted by Crippen LogP contribution is -2.21. The van der Waals surface area contributed by atoms with Crippen LogP contribution in [0.25, 0.3) is 0 Å². The summed E-state index contributed by atoms with van der Waals surface area (Å²) in [5.74, 6) is 0.928. The Kier molecular flexibility index (Phi) is 7.69. The number of carbonyl (C=O) groups is 1. The molecule has 3 N–H and O–H groups in total. The minimum Gasteiger partial charge on any atom is -0.490 e. The normalized spacial score (nSPS) is 10.3. The molecule has 0 aliphatic carbocycles. The molecule has 0 radical (unpaired) electrons. The number of amides is 1. The molecule has 0 aliphatic heterocycles. The van der Waals surface area contributed by atoms with Crippen molar-refractivity contribution in [3.8, 4) is 11.5 Å². The zero-order valence-corrected chi connectivity index (χ0v) is 17.3. The van der Waals surface area contributed by atoms with E-state index in [2.05, 4.69) is 16.2 Å². The molecule has 3 aromatic rings. The summed E-state index contributed by atoms with van der Waals surface area (Å²) in [5, 5.41) is 2.84. The van der Waals surface area contributed by atoms with Crippen molar-refractivity contribution in [1.29, 1.82) is 0 Å². The second-order valence-electron chi connectivity index (χ2n) is 6.77. The highest BCUT2D eigenvalue weighted by Gasteiger charge is 2.10. The predicted molar refractivity (Wildman–Crippen MR) is 120 cm³/mol. The van der Waals surface area contributed by atoms with E-state index in [1.54, 1.807) is 0 Å². The summed E-state index contributed by atoms with van der Waals surface area (Å²) in [7, 11) is 0. The number of hydrogen-bond donors (Lipinski definition) is 3. The van der Waals surface area contributed by atoms with Crippen LogP contribution < -0.4 is 25.6 Å². The molecular weight excluding hydrogens is 378 g/mol. The topological polar surface area (TPSA) is 71.6 Å². The summed E-state index contributed by atoms with van der Waals surface area (Å²) in [6.45, 7) is 4.90. The van der Waals surface area contributed by atoms with Crippen molar-refractivity contribution in [3.05, 3.63) is 83.9 Å². The van der Waals surface area contributed by atoms with Gasteiger partial charge in [0.05, 0.1) is 6.61 Å². The van der Waals surface area contributed by atoms with E-state index >= 15 is 0 Å². The first-order valence-electron chi connectivity index (χ1n) is 9.93. The summed E-state index contributed by atoms with van der Waals surface area (Å²) in [6.07, 6.45) is 0. The number of hydrazine groups is 1. The lowest BCUT2D eigenvalue weighted by Gasteiger charge is -2.14. The van der Waals surface area contributed by atoms with Gasteiger partial charge in [-0.2, -0.15) is 0 Å². The van der Waals surface area contributed by atoms with E-state index in [9.17, 15) is 4.79 Å². The van der Waals surface area contributed by atoms with Gasteiger partial charge in [0.15, 0.2) is 18.1 Å². The van der Waals surface area contributed by atoms with Crippen LogP contribution in [-0.4, -0.2) is 19.1 Å². The molecular formula is C24H27N3O3. The molecule has 0 saturated carbocycles. The first-order valence-corrected chi connectivity index (χ1v) is 9.93. The Hall–Kier alpha value is -3.51. The molecule has 0 unspecified atom stereocenters. The average Bonchev–Trinajstić information content (AvgIpc) is 2.74. The number of nitrogens with one attached hydrogen (secondary N) is 3. The highest BCUT2D eigenvalue weighted by atomic mass is 16.5. The van der Waals surface area contributed by atoms with Crippen molar-refractivity contribution >= 4 is 17.3 Å². The number of rotatable bonds is 10. The molecule has 0 spiro atoms. The van der Waals surface area contributed by atoms with Gasteiger partial charge < -0.3 is 20.2 Å². The maximum atomic E-state index is 12.2. The van der Waals surface area contributed by atoms with Gasteiger partial charge in [-0.25, -0.2) is 5.43 Å². The zero-order chi connectivity index (χ0) is 21.2. The Balaban J connectivity index is 1.55. The first-order chi connectivity index (χ1) is 14.6. The van der Waals surface area contributed by atoms with Crippen molar-refractivity contribution in [3.63, 3.8) is 0 Å². The summed E-state index contributed by atoms with van der Waals surface area (Å²) >= 11 is 0. The third-order valence-electron chi connectivity index (χ3n) is 4.27. The third kappa shape index (κ3) is 6.53. The number of benzene rings is 3. The monoisotopic (exact) mass is 405 g/mol. The second-order valence-corrected chi connectivity index (χ2v) is 6.77. The minimum absolute atomic E-state index is 0.0961. The fraction of sp³-hybridized carbons (Fsp3) is 0.208. The molecule has 0 bridgehead atoms. The molecule has 3 rings (SSSR count). The Labute approximate surface area is 177 Å². The number of ether oxygens (including phenoxy) is 2. The van der Waals surface area contributed by atoms with Crippen LogP contribution >= 0.6 is 0 Å². The van der Waals surface area contributed by atoms with Crippen molar-refractivity contribution in [2.45, 2.75) is 20.4 Å². The van der Waals surface area contributed by atoms with Gasteiger partial charge in [0.2, 0.25) is 0 Å². The van der Waals surface area contributed by atoms with Gasteiger partial charge in [-0.05, 0) is 61.4 Å². The molecule has 0 fully saturated rings. The van der Waals surface area contributed by atoms with Crippen LogP contribution in [0.4, 0.5) is 11.4 Å². The van der Waals surface area contributed by atoms with Crippen LogP contribution in [0.5, 0.6) is 11.5 Å². The quantitative estimate of drug-likeness (QED) is 0.432. The van der Waals surface area contributed by atoms with Crippen molar-refractivity contribution < 1.29 is 14.3 Å². The highest BCUT2D eigenvalue weighted by Crippen LogP contribution is 2.28. The van der Waals surface area contributed by atoms with Crippen LogP contribution in [-0.2, 0) is 11.3 Å². The fourth-order valence-corrected chi connectivity index (χ4v) is 2.88. The van der Waals surface area contributed by atoms with Crippen LogP contribution in [0.2, 0.25) is 0 Å². The summed E-state index contributed by atoms with van der Waals surface area (Å²) in [6, 6.07) is 23.2. The average molecular weight is 405 g/mol. The lowest BCUT2D eigenvalue weighted by atomic mass is 10.2. The Morgan fingerprint density at radius 2 is 1.67 bits per heavy atom. The van der Waals surface area contributed by atoms with Gasteiger partial charge in [0.1, 0.15) is 0 Å². The van der Waals surface area contributed by atoms with Crippen LogP contribution in [0.3, 0.4) is 0 Å². The molecule has 6 heteroatoms. The molecule has 0 aliphatic rings. The smallest absolute Gasteiger partial charge is 0.262 e. The van der Waals surface area contributed by atoms with E-state index in [1.807, 2.05) is 86.6 Å². The van der Waals surface area contributed by atoms with E-state index in [0.29, 0.717) is 24.7 Å². The van der Waals surface area contributed by atoms with Gasteiger partial charge in [-0.15, -0.1) is 0 Å². The van der Waals surface area contributed by atoms with E-state index in [0.717, 1.165) is 22.5 Å². The van der Waals surface area contributed by atoms with E-state index in [4.69, 9.17) is 9.47 Å². The minimum atomic E-state index is -0.221. The van der Waals surface area contributed by atoms with E-state index in [1.165, 1.54) is 0 Å². The predicted octanol–water partition coefficient (Wildman–Crippen LogP) is 4.53. The van der Waals surface area contributed by atoms with Gasteiger partial charge >= 0.3 is 0 Å². The summed E-state index contributed by atoms with van der Waals surface area (Å²) in [4.78, 5) is 12.2. The standard InChI is InChI=1S/C24H27N3O3/c1-3-29-23-15-19(16-25-27-20-9-5-4-6-10-20)12-13-22(23)30-17-24(28)26-21-11-7-8-18(2)14-21/h4-15,25,27H,3,16-17H2,1-2H3,(H,26,28). The van der Waals surface area contributed by atoms with Crippen LogP contribution in [0, 0.1) is 6.92 Å². The SMILES string of the molecule is CCOc1cc(CNNc2ccccc2)ccc1OCC(=O)Nc1cccc(C)c1. The molecule has 30 heavy (non-hydrogen) atoms. The van der Waals surface area contributed by atoms with Crippen LogP contribution in [0.1, 0.15) is 18.1 Å². The maximum absolute atomic E-state index is 12.2. The summed E-state index contributed by atoms with van der Waals surface area (Å²) in [5.41, 5.74) is 10.2. The molecule has 0 atom stereocenters. The van der Waals surface area contributed by atoms with Gasteiger partial charge in [0, 0.05) is 17.9 Å². The number of para-hydroxylation sites is 1. The number of aryl methyl sites for hydroxylation is 1. The third-order valence-corrected chi connectivity index (χ3v) is 4.27. The van der Waals surface area contributed by atoms with Crippen LogP contribution in [0.15, 0.2) is 72.8 Å². The molecule has 0 aromatic heterocycles. The maximum Gasteiger partial charge on any atom is 0.262 e. The summed E-state index contributed by atoms with van der Waals surface area (Å²) < 4.78 is 11.4. The van der Waals surface area contributed by atoms with Gasteiger partial charge in [0.25, 0.3) is 5.91 Å². The lowest BCUT2D eigenvalue weighted by molar-refractivity contribution is -0.118. The molecule has 156 valence electrons. The number of anilines is 2. The van der Waals surface area contributed by atoms with E-state index in [-0.39, 0.29) is 12.5 Å². The molecule has 6 nitrogen and oxygen atoms in total. The highest BCUT2D eigenvalue weighted by molar-refractivity contribution is 5.91. The number of hydrogen-bond acceptors (Lipinski definition) is 5. The fourth-order valence-electron chi connectivity index (χ4n) is 2.88. The molecule has 0 saturated heterocycles. The largest absolute Gasteiger partial charge is 0.490 e. The zero-order valence-electron chi connectivity index (χ0n) is 17.3. The Morgan fingerprint density at radius 1 is 0.867 bits per heavy atom. The molecule has 3 aromatic carbocycles.